The van der Waals surface area contributed by atoms with E-state index >= 15 is 0 Å². The van der Waals surface area contributed by atoms with Crippen molar-refractivity contribution in [3.63, 3.8) is 0 Å². The number of hydrogen-bond donors (Lipinski definition) is 1. The highest BCUT2D eigenvalue weighted by Crippen LogP contribution is 2.17. The number of hydrogen-bond acceptors (Lipinski definition) is 3. The molecule has 7 heteroatoms. The third-order valence-electron chi connectivity index (χ3n) is 3.78. The number of rotatable bonds is 7. The summed E-state index contributed by atoms with van der Waals surface area (Å²) in [4.78, 5) is 12.1. The van der Waals surface area contributed by atoms with Crippen LogP contribution in [-0.4, -0.2) is 31.7 Å². The minimum absolute atomic E-state index is 0.0998. The van der Waals surface area contributed by atoms with E-state index in [2.05, 4.69) is 5.32 Å². The number of nitrogens with zero attached hydrogens (tertiary/aromatic N) is 1. The van der Waals surface area contributed by atoms with E-state index < -0.39 is 21.7 Å². The van der Waals surface area contributed by atoms with Crippen LogP contribution in [-0.2, 0) is 14.8 Å². The highest BCUT2D eigenvalue weighted by atomic mass is 32.2. The molecule has 0 fully saturated rings. The molecule has 0 radical (unpaired) electrons. The van der Waals surface area contributed by atoms with Gasteiger partial charge < -0.3 is 5.32 Å². The Morgan fingerprint density at radius 1 is 1.08 bits per heavy atom. The van der Waals surface area contributed by atoms with Gasteiger partial charge in [0, 0.05) is 19.2 Å². The first-order valence-corrected chi connectivity index (χ1v) is 9.66. The smallest absolute Gasteiger partial charge is 0.248 e. The van der Waals surface area contributed by atoms with Crippen molar-refractivity contribution >= 4 is 27.7 Å². The second-order valence-corrected chi connectivity index (χ2v) is 7.40. The van der Waals surface area contributed by atoms with Crippen molar-refractivity contribution in [1.29, 1.82) is 0 Å². The van der Waals surface area contributed by atoms with Crippen LogP contribution in [0.4, 0.5) is 10.1 Å². The Morgan fingerprint density at radius 2 is 1.69 bits per heavy atom. The number of sulfonamides is 1. The molecule has 138 valence electrons. The predicted octanol–water partition coefficient (Wildman–Crippen LogP) is 3.51. The number of carbonyl (C=O) groups is 1. The summed E-state index contributed by atoms with van der Waals surface area (Å²) in [5, 5.41) is 2.44. The van der Waals surface area contributed by atoms with Gasteiger partial charge in [0.25, 0.3) is 0 Å². The van der Waals surface area contributed by atoms with Gasteiger partial charge in [0.2, 0.25) is 15.9 Å². The van der Waals surface area contributed by atoms with E-state index in [1.807, 2.05) is 0 Å². The summed E-state index contributed by atoms with van der Waals surface area (Å²) in [7, 11) is -3.51. The van der Waals surface area contributed by atoms with Gasteiger partial charge in [-0.05, 0) is 35.9 Å². The Hall–Kier alpha value is -2.51. The van der Waals surface area contributed by atoms with Crippen molar-refractivity contribution < 1.29 is 17.6 Å². The third kappa shape index (κ3) is 4.77. The van der Waals surface area contributed by atoms with Crippen molar-refractivity contribution in [2.45, 2.75) is 18.7 Å². The lowest BCUT2D eigenvalue weighted by molar-refractivity contribution is -0.111. The van der Waals surface area contributed by atoms with Crippen LogP contribution in [0.2, 0.25) is 0 Å². The average Bonchev–Trinajstić information content (AvgIpc) is 2.63. The second kappa shape index (κ2) is 8.73. The Labute approximate surface area is 153 Å². The number of amides is 1. The van der Waals surface area contributed by atoms with E-state index in [0.29, 0.717) is 18.7 Å². The van der Waals surface area contributed by atoms with Crippen LogP contribution in [0.15, 0.2) is 59.5 Å². The highest BCUT2D eigenvalue weighted by Gasteiger charge is 2.20. The zero-order valence-corrected chi connectivity index (χ0v) is 15.5. The van der Waals surface area contributed by atoms with Crippen LogP contribution in [0.3, 0.4) is 0 Å². The summed E-state index contributed by atoms with van der Waals surface area (Å²) < 4.78 is 39.7. The number of anilines is 1. The molecule has 0 atom stereocenters. The number of para-hydroxylation sites is 1. The Morgan fingerprint density at radius 3 is 2.27 bits per heavy atom. The predicted molar refractivity (Wildman–Crippen MR) is 101 cm³/mol. The fourth-order valence-corrected chi connectivity index (χ4v) is 3.83. The molecule has 0 saturated carbocycles. The Bertz CT molecular complexity index is 889. The maximum absolute atomic E-state index is 13.5. The van der Waals surface area contributed by atoms with E-state index in [0.717, 1.165) is 0 Å². The fourth-order valence-electron chi connectivity index (χ4n) is 2.37. The molecule has 0 aliphatic carbocycles. The number of benzene rings is 2. The zero-order chi connectivity index (χ0) is 19.2. The van der Waals surface area contributed by atoms with Gasteiger partial charge in [-0.1, -0.05) is 38.1 Å². The lowest BCUT2D eigenvalue weighted by atomic mass is 10.2. The molecule has 0 aliphatic rings. The largest absolute Gasteiger partial charge is 0.320 e. The molecule has 0 aliphatic heterocycles. The molecule has 1 N–H and O–H groups in total. The van der Waals surface area contributed by atoms with Crippen molar-refractivity contribution in [2.24, 2.45) is 0 Å². The van der Waals surface area contributed by atoms with Crippen LogP contribution >= 0.6 is 0 Å². The van der Waals surface area contributed by atoms with Crippen molar-refractivity contribution in [2.75, 3.05) is 18.4 Å². The van der Waals surface area contributed by atoms with Gasteiger partial charge in [-0.15, -0.1) is 0 Å². The summed E-state index contributed by atoms with van der Waals surface area (Å²) in [5.41, 5.74) is 0.759. The first-order chi connectivity index (χ1) is 12.4. The quantitative estimate of drug-likeness (QED) is 0.752. The molecule has 0 aromatic heterocycles. The molecule has 26 heavy (non-hydrogen) atoms. The van der Waals surface area contributed by atoms with E-state index in [-0.39, 0.29) is 10.6 Å². The van der Waals surface area contributed by atoms with Gasteiger partial charge in [-0.2, -0.15) is 4.31 Å². The standard InChI is InChI=1S/C19H21FN2O3S/c1-3-22(4-2)26(24,25)16-12-9-15(10-13-16)11-14-19(23)21-18-8-6-5-7-17(18)20/h5-14H,3-4H2,1-2H3,(H,21,23). The molecule has 2 aromatic carbocycles. The molecule has 2 rings (SSSR count). The summed E-state index contributed by atoms with van der Waals surface area (Å²) in [5.74, 6) is -0.991. The maximum Gasteiger partial charge on any atom is 0.248 e. The summed E-state index contributed by atoms with van der Waals surface area (Å²) in [6.45, 7) is 4.37. The van der Waals surface area contributed by atoms with Crippen molar-refractivity contribution in [1.82, 2.24) is 4.31 Å². The second-order valence-electron chi connectivity index (χ2n) is 5.46. The minimum atomic E-state index is -3.51. The van der Waals surface area contributed by atoms with Crippen LogP contribution in [0, 0.1) is 5.82 Å². The highest BCUT2D eigenvalue weighted by molar-refractivity contribution is 7.89. The molecule has 5 nitrogen and oxygen atoms in total. The van der Waals surface area contributed by atoms with Gasteiger partial charge >= 0.3 is 0 Å². The first-order valence-electron chi connectivity index (χ1n) is 8.22. The van der Waals surface area contributed by atoms with Crippen LogP contribution < -0.4 is 5.32 Å². The van der Waals surface area contributed by atoms with E-state index in [4.69, 9.17) is 0 Å². The van der Waals surface area contributed by atoms with Crippen LogP contribution in [0.25, 0.3) is 6.08 Å². The summed E-state index contributed by atoms with van der Waals surface area (Å²) in [6, 6.07) is 12.1. The molecule has 0 unspecified atom stereocenters. The monoisotopic (exact) mass is 376 g/mol. The number of halogens is 1. The first kappa shape index (κ1) is 19.8. The van der Waals surface area contributed by atoms with Crippen molar-refractivity contribution in [3.05, 3.63) is 66.0 Å². The van der Waals surface area contributed by atoms with E-state index in [9.17, 15) is 17.6 Å². The molecule has 0 heterocycles. The molecular weight excluding hydrogens is 355 g/mol. The normalized spacial score (nSPS) is 11.8. The fraction of sp³-hybridized carbons (Fsp3) is 0.211. The lowest BCUT2D eigenvalue weighted by Crippen LogP contribution is -2.30. The SMILES string of the molecule is CCN(CC)S(=O)(=O)c1ccc(C=CC(=O)Nc2ccccc2F)cc1. The van der Waals surface area contributed by atoms with Crippen LogP contribution in [0.1, 0.15) is 19.4 Å². The number of carbonyl (C=O) groups excluding carboxylic acids is 1. The van der Waals surface area contributed by atoms with Gasteiger partial charge in [0.05, 0.1) is 10.6 Å². The van der Waals surface area contributed by atoms with Crippen molar-refractivity contribution in [3.8, 4) is 0 Å². The van der Waals surface area contributed by atoms with Gasteiger partial charge in [0.15, 0.2) is 0 Å². The van der Waals surface area contributed by atoms with Gasteiger partial charge in [-0.25, -0.2) is 12.8 Å². The topological polar surface area (TPSA) is 66.5 Å². The molecule has 0 bridgehead atoms. The summed E-state index contributed by atoms with van der Waals surface area (Å²) >= 11 is 0. The summed E-state index contributed by atoms with van der Waals surface area (Å²) in [6.07, 6.45) is 2.80. The lowest BCUT2D eigenvalue weighted by Gasteiger charge is -2.18. The van der Waals surface area contributed by atoms with Gasteiger partial charge in [0.1, 0.15) is 5.82 Å². The molecule has 0 spiro atoms. The van der Waals surface area contributed by atoms with Crippen LogP contribution in [0.5, 0.6) is 0 Å². The van der Waals surface area contributed by atoms with E-state index in [1.54, 1.807) is 32.0 Å². The number of nitrogens with one attached hydrogen (secondary N) is 1. The third-order valence-corrected chi connectivity index (χ3v) is 5.85. The maximum atomic E-state index is 13.5. The minimum Gasteiger partial charge on any atom is -0.320 e. The average molecular weight is 376 g/mol. The molecule has 2 aromatic rings. The van der Waals surface area contributed by atoms with Gasteiger partial charge in [-0.3, -0.25) is 4.79 Å². The molecule has 0 saturated heterocycles. The Balaban J connectivity index is 2.08. The zero-order valence-electron chi connectivity index (χ0n) is 14.6. The molecular formula is C19H21FN2O3S. The molecule has 1 amide bonds. The Kier molecular flexibility index (Phi) is 6.65. The van der Waals surface area contributed by atoms with E-state index in [1.165, 1.54) is 46.8 Å².